The molecule has 28 heavy (non-hydrogen) atoms. The van der Waals surface area contributed by atoms with Gasteiger partial charge in [-0.2, -0.15) is 0 Å². The summed E-state index contributed by atoms with van der Waals surface area (Å²) >= 11 is 7.56. The molecule has 2 aromatic rings. The Morgan fingerprint density at radius 1 is 1.36 bits per heavy atom. The average molecular weight is 425 g/mol. The lowest BCUT2D eigenvalue weighted by atomic mass is 10.1. The predicted molar refractivity (Wildman–Crippen MR) is 109 cm³/mol. The highest BCUT2D eigenvalue weighted by atomic mass is 35.5. The SMILES string of the molecule is COC(=O)c1sc(-c2cccc(NC3CCNCC3)c2)c(Cl)c1OCC(=O)O. The number of carboxylic acid groups (broad SMARTS) is 1. The van der Waals surface area contributed by atoms with Crippen LogP contribution in [0.5, 0.6) is 5.75 Å². The zero-order valence-corrected chi connectivity index (χ0v) is 16.9. The lowest BCUT2D eigenvalue weighted by Crippen LogP contribution is -2.35. The number of esters is 1. The summed E-state index contributed by atoms with van der Waals surface area (Å²) in [5.74, 6) is -1.75. The third-order valence-electron chi connectivity index (χ3n) is 4.35. The number of nitrogens with one attached hydrogen (secondary N) is 2. The van der Waals surface area contributed by atoms with Gasteiger partial charge in [0.25, 0.3) is 0 Å². The van der Waals surface area contributed by atoms with Gasteiger partial charge in [-0.1, -0.05) is 23.7 Å². The first-order chi connectivity index (χ1) is 13.5. The second-order valence-electron chi connectivity index (χ2n) is 6.33. The maximum atomic E-state index is 12.1. The van der Waals surface area contributed by atoms with Crippen molar-refractivity contribution in [1.82, 2.24) is 5.32 Å². The van der Waals surface area contributed by atoms with E-state index in [1.807, 2.05) is 24.3 Å². The predicted octanol–water partition coefficient (Wildman–Crippen LogP) is 3.48. The Balaban J connectivity index is 1.90. The fourth-order valence-electron chi connectivity index (χ4n) is 3.02. The van der Waals surface area contributed by atoms with Gasteiger partial charge in [-0.15, -0.1) is 11.3 Å². The van der Waals surface area contributed by atoms with Crippen molar-refractivity contribution in [2.75, 3.05) is 32.1 Å². The summed E-state index contributed by atoms with van der Waals surface area (Å²) in [5.41, 5.74) is 1.77. The molecule has 3 rings (SSSR count). The van der Waals surface area contributed by atoms with Gasteiger partial charge < -0.3 is 25.2 Å². The van der Waals surface area contributed by atoms with Gasteiger partial charge in [0.2, 0.25) is 0 Å². The van der Waals surface area contributed by atoms with Crippen LogP contribution in [-0.4, -0.2) is 49.9 Å². The number of ether oxygens (including phenoxy) is 2. The topological polar surface area (TPSA) is 96.9 Å². The van der Waals surface area contributed by atoms with Crippen LogP contribution in [-0.2, 0) is 9.53 Å². The zero-order chi connectivity index (χ0) is 20.1. The van der Waals surface area contributed by atoms with E-state index in [1.54, 1.807) is 0 Å². The van der Waals surface area contributed by atoms with Crippen LogP contribution in [0.2, 0.25) is 5.02 Å². The fourth-order valence-corrected chi connectivity index (χ4v) is 4.51. The third-order valence-corrected chi connectivity index (χ3v) is 6.03. The number of carbonyl (C=O) groups is 2. The molecule has 9 heteroatoms. The zero-order valence-electron chi connectivity index (χ0n) is 15.3. The molecule has 1 aliphatic heterocycles. The number of thiophene rings is 1. The monoisotopic (exact) mass is 424 g/mol. The molecule has 7 nitrogen and oxygen atoms in total. The van der Waals surface area contributed by atoms with Crippen LogP contribution in [0, 0.1) is 0 Å². The van der Waals surface area contributed by atoms with Gasteiger partial charge in [0.1, 0.15) is 5.02 Å². The van der Waals surface area contributed by atoms with Gasteiger partial charge in [-0.05, 0) is 43.6 Å². The molecule has 0 spiro atoms. The summed E-state index contributed by atoms with van der Waals surface area (Å²) in [6.07, 6.45) is 2.09. The van der Waals surface area contributed by atoms with E-state index in [1.165, 1.54) is 7.11 Å². The number of rotatable bonds is 7. The second kappa shape index (κ2) is 9.27. The van der Waals surface area contributed by atoms with Crippen molar-refractivity contribution < 1.29 is 24.2 Å². The first-order valence-electron chi connectivity index (χ1n) is 8.82. The smallest absolute Gasteiger partial charge is 0.351 e. The molecule has 150 valence electrons. The molecule has 1 aliphatic rings. The molecule has 0 radical (unpaired) electrons. The molecule has 0 unspecified atom stereocenters. The minimum Gasteiger partial charge on any atom is -0.479 e. The van der Waals surface area contributed by atoms with Crippen LogP contribution in [0.4, 0.5) is 5.69 Å². The molecule has 0 bridgehead atoms. The van der Waals surface area contributed by atoms with E-state index in [-0.39, 0.29) is 15.6 Å². The molecular formula is C19H21ClN2O5S. The summed E-state index contributed by atoms with van der Waals surface area (Å²) in [5, 5.41) is 15.9. The second-order valence-corrected chi connectivity index (χ2v) is 7.73. The van der Waals surface area contributed by atoms with Gasteiger partial charge >= 0.3 is 11.9 Å². The van der Waals surface area contributed by atoms with Crippen molar-refractivity contribution in [3.8, 4) is 16.2 Å². The maximum Gasteiger partial charge on any atom is 0.351 e. The molecule has 2 heterocycles. The summed E-state index contributed by atoms with van der Waals surface area (Å²) in [6.45, 7) is 1.37. The largest absolute Gasteiger partial charge is 0.479 e. The Morgan fingerprint density at radius 2 is 2.11 bits per heavy atom. The van der Waals surface area contributed by atoms with Crippen molar-refractivity contribution in [1.29, 1.82) is 0 Å². The number of aliphatic carboxylic acids is 1. The Labute approximate surface area is 171 Å². The highest BCUT2D eigenvalue weighted by Crippen LogP contribution is 2.46. The number of carboxylic acids is 1. The Kier molecular flexibility index (Phi) is 6.77. The minimum absolute atomic E-state index is 0.0348. The standard InChI is InChI=1S/C19H21ClN2O5S/c1-26-19(25)18-16(27-10-14(23)24)15(20)17(28-18)11-3-2-4-13(9-11)22-12-5-7-21-8-6-12/h2-4,9,12,21-22H,5-8,10H2,1H3,(H,23,24). The molecule has 0 atom stereocenters. The molecule has 1 aromatic carbocycles. The van der Waals surface area contributed by atoms with Crippen LogP contribution in [0.15, 0.2) is 24.3 Å². The van der Waals surface area contributed by atoms with E-state index >= 15 is 0 Å². The van der Waals surface area contributed by atoms with Crippen molar-refractivity contribution >= 4 is 40.6 Å². The van der Waals surface area contributed by atoms with E-state index in [4.69, 9.17) is 26.2 Å². The van der Waals surface area contributed by atoms with Crippen LogP contribution in [0.25, 0.3) is 10.4 Å². The summed E-state index contributed by atoms with van der Waals surface area (Å²) in [7, 11) is 1.25. The number of halogens is 1. The van der Waals surface area contributed by atoms with Crippen LogP contribution >= 0.6 is 22.9 Å². The van der Waals surface area contributed by atoms with Gasteiger partial charge in [0.15, 0.2) is 17.2 Å². The maximum absolute atomic E-state index is 12.1. The van der Waals surface area contributed by atoms with E-state index in [0.717, 1.165) is 48.5 Å². The summed E-state index contributed by atoms with van der Waals surface area (Å²) < 4.78 is 10.0. The van der Waals surface area contributed by atoms with Crippen molar-refractivity contribution in [3.63, 3.8) is 0 Å². The lowest BCUT2D eigenvalue weighted by Gasteiger charge is -2.24. The molecule has 0 saturated carbocycles. The Hall–Kier alpha value is -2.29. The average Bonchev–Trinajstić information content (AvgIpc) is 3.03. The molecule has 1 aromatic heterocycles. The van der Waals surface area contributed by atoms with Crippen molar-refractivity contribution in [3.05, 3.63) is 34.2 Å². The van der Waals surface area contributed by atoms with Crippen molar-refractivity contribution in [2.45, 2.75) is 18.9 Å². The molecule has 1 fully saturated rings. The van der Waals surface area contributed by atoms with E-state index < -0.39 is 18.5 Å². The molecule has 0 amide bonds. The summed E-state index contributed by atoms with van der Waals surface area (Å²) in [4.78, 5) is 23.7. The number of hydrogen-bond acceptors (Lipinski definition) is 7. The number of piperidine rings is 1. The minimum atomic E-state index is -1.16. The van der Waals surface area contributed by atoms with Gasteiger partial charge in [0.05, 0.1) is 12.0 Å². The number of methoxy groups -OCH3 is 1. The molecule has 3 N–H and O–H groups in total. The molecule has 1 saturated heterocycles. The van der Waals surface area contributed by atoms with Gasteiger partial charge in [0, 0.05) is 11.7 Å². The highest BCUT2D eigenvalue weighted by Gasteiger charge is 2.25. The van der Waals surface area contributed by atoms with E-state index in [2.05, 4.69) is 10.6 Å². The Bertz CT molecular complexity index is 864. The van der Waals surface area contributed by atoms with Crippen LogP contribution in [0.3, 0.4) is 0 Å². The van der Waals surface area contributed by atoms with Crippen LogP contribution < -0.4 is 15.4 Å². The third kappa shape index (κ3) is 4.76. The quantitative estimate of drug-likeness (QED) is 0.585. The summed E-state index contributed by atoms with van der Waals surface area (Å²) in [6, 6.07) is 8.13. The van der Waals surface area contributed by atoms with Crippen LogP contribution in [0.1, 0.15) is 22.5 Å². The fraction of sp³-hybridized carbons (Fsp3) is 0.368. The normalized spacial score (nSPS) is 14.5. The lowest BCUT2D eigenvalue weighted by molar-refractivity contribution is -0.139. The van der Waals surface area contributed by atoms with Crippen molar-refractivity contribution in [2.24, 2.45) is 0 Å². The number of hydrogen-bond donors (Lipinski definition) is 3. The molecular weight excluding hydrogens is 404 g/mol. The van der Waals surface area contributed by atoms with Gasteiger partial charge in [-0.3, -0.25) is 0 Å². The molecule has 0 aliphatic carbocycles. The number of benzene rings is 1. The first-order valence-corrected chi connectivity index (χ1v) is 10.0. The highest BCUT2D eigenvalue weighted by molar-refractivity contribution is 7.18. The number of anilines is 1. The first kappa shape index (κ1) is 20.4. The van der Waals surface area contributed by atoms with E-state index in [9.17, 15) is 9.59 Å². The van der Waals surface area contributed by atoms with E-state index in [0.29, 0.717) is 10.9 Å². The number of carbonyl (C=O) groups excluding carboxylic acids is 1. The Morgan fingerprint density at radius 3 is 2.79 bits per heavy atom. The van der Waals surface area contributed by atoms with Gasteiger partial charge in [-0.25, -0.2) is 9.59 Å².